The molecule has 1 saturated heterocycles. The highest BCUT2D eigenvalue weighted by Crippen LogP contribution is 2.32. The predicted octanol–water partition coefficient (Wildman–Crippen LogP) is 4.35. The Morgan fingerprint density at radius 1 is 1.00 bits per heavy atom. The van der Waals surface area contributed by atoms with Gasteiger partial charge in [0.25, 0.3) is 11.1 Å². The van der Waals surface area contributed by atoms with E-state index in [1.165, 1.54) is 0 Å². The van der Waals surface area contributed by atoms with Gasteiger partial charge in [-0.1, -0.05) is 30.3 Å². The molecule has 4 amide bonds. The molecule has 2 aromatic carbocycles. The van der Waals surface area contributed by atoms with Gasteiger partial charge >= 0.3 is 6.09 Å². The van der Waals surface area contributed by atoms with Crippen molar-refractivity contribution in [1.29, 1.82) is 0 Å². The van der Waals surface area contributed by atoms with Crippen molar-refractivity contribution in [2.24, 2.45) is 0 Å². The highest BCUT2D eigenvalue weighted by atomic mass is 32.2. The van der Waals surface area contributed by atoms with Crippen LogP contribution in [0.2, 0.25) is 0 Å². The number of amides is 4. The number of nitrogens with one attached hydrogen (secondary N) is 3. The Bertz CT molecular complexity index is 1170. The van der Waals surface area contributed by atoms with Gasteiger partial charge in [-0.05, 0) is 68.5 Å². The highest BCUT2D eigenvalue weighted by Gasteiger charge is 2.25. The summed E-state index contributed by atoms with van der Waals surface area (Å²) in [5.74, 6) is 0.206. The molecule has 10 heteroatoms. The lowest BCUT2D eigenvalue weighted by atomic mass is 10.0. The summed E-state index contributed by atoms with van der Waals surface area (Å²) in [4.78, 5) is 47.3. The van der Waals surface area contributed by atoms with Crippen LogP contribution >= 0.6 is 11.8 Å². The van der Waals surface area contributed by atoms with E-state index >= 15 is 0 Å². The Hall–Kier alpha value is -3.53. The van der Waals surface area contributed by atoms with Crippen LogP contribution in [-0.2, 0) is 14.3 Å². The molecule has 0 aromatic heterocycles. The second-order valence-corrected chi connectivity index (χ2v) is 10.1. The predicted molar refractivity (Wildman–Crippen MR) is 140 cm³/mol. The van der Waals surface area contributed by atoms with Gasteiger partial charge in [0.15, 0.2) is 0 Å². The summed E-state index contributed by atoms with van der Waals surface area (Å²) in [6.45, 7) is 6.64. The summed E-state index contributed by atoms with van der Waals surface area (Å²) in [6.07, 6.45) is 2.69. The molecule has 1 heterocycles. The average molecular weight is 514 g/mol. The van der Waals surface area contributed by atoms with Gasteiger partial charge in [-0.15, -0.1) is 0 Å². The van der Waals surface area contributed by atoms with Gasteiger partial charge in [0.1, 0.15) is 11.4 Å². The molecule has 3 rings (SSSR count). The van der Waals surface area contributed by atoms with E-state index in [1.54, 1.807) is 26.8 Å². The third kappa shape index (κ3) is 8.30. The minimum absolute atomic E-state index is 0.0791. The second-order valence-electron chi connectivity index (χ2n) is 9.13. The van der Waals surface area contributed by atoms with Gasteiger partial charge in [0.2, 0.25) is 5.91 Å². The second kappa shape index (κ2) is 12.4. The van der Waals surface area contributed by atoms with Crippen molar-refractivity contribution >= 4 is 51.8 Å². The fraction of sp³-hybridized carbons (Fsp3) is 0.385. The monoisotopic (exact) mass is 513 g/mol. The van der Waals surface area contributed by atoms with Crippen molar-refractivity contribution in [1.82, 2.24) is 16.0 Å². The number of carbonyl (C=O) groups excluding carboxylic acids is 4. The van der Waals surface area contributed by atoms with E-state index in [2.05, 4.69) is 16.0 Å². The van der Waals surface area contributed by atoms with E-state index in [0.29, 0.717) is 49.6 Å². The first kappa shape index (κ1) is 27.1. The summed E-state index contributed by atoms with van der Waals surface area (Å²) in [7, 11) is 0. The molecule has 0 unspecified atom stereocenters. The van der Waals surface area contributed by atoms with Gasteiger partial charge < -0.3 is 20.1 Å². The molecule has 0 aliphatic carbocycles. The molecule has 0 radical (unpaired) electrons. The third-order valence-electron chi connectivity index (χ3n) is 5.00. The first-order chi connectivity index (χ1) is 17.1. The molecule has 0 atom stereocenters. The van der Waals surface area contributed by atoms with Gasteiger partial charge in [0.05, 0.1) is 11.5 Å². The highest BCUT2D eigenvalue weighted by molar-refractivity contribution is 8.18. The number of hydrogen-bond donors (Lipinski definition) is 3. The molecule has 36 heavy (non-hydrogen) atoms. The summed E-state index contributed by atoms with van der Waals surface area (Å²) < 4.78 is 11.1. The summed E-state index contributed by atoms with van der Waals surface area (Å²) in [6, 6.07) is 11.3. The van der Waals surface area contributed by atoms with Crippen LogP contribution in [0.15, 0.2) is 41.3 Å². The smallest absolute Gasteiger partial charge is 0.407 e. The van der Waals surface area contributed by atoms with E-state index in [0.717, 1.165) is 28.1 Å². The maximum Gasteiger partial charge on any atom is 0.407 e. The van der Waals surface area contributed by atoms with Crippen molar-refractivity contribution in [3.63, 3.8) is 0 Å². The maximum atomic E-state index is 12.1. The number of ether oxygens (including phenoxy) is 2. The van der Waals surface area contributed by atoms with Gasteiger partial charge in [-0.2, -0.15) is 0 Å². The van der Waals surface area contributed by atoms with Crippen molar-refractivity contribution < 1.29 is 28.7 Å². The van der Waals surface area contributed by atoms with Crippen LogP contribution in [0, 0.1) is 0 Å². The molecule has 0 saturated carbocycles. The molecule has 1 fully saturated rings. The lowest BCUT2D eigenvalue weighted by Crippen LogP contribution is -2.34. The average Bonchev–Trinajstić information content (AvgIpc) is 3.12. The zero-order valence-electron chi connectivity index (χ0n) is 20.6. The molecule has 1 aliphatic heterocycles. The molecular formula is C26H31N3O6S. The normalized spacial score (nSPS) is 14.6. The van der Waals surface area contributed by atoms with E-state index < -0.39 is 17.6 Å². The Morgan fingerprint density at radius 2 is 1.72 bits per heavy atom. The Morgan fingerprint density at radius 3 is 2.42 bits per heavy atom. The quantitative estimate of drug-likeness (QED) is 0.319. The van der Waals surface area contributed by atoms with Gasteiger partial charge in [-0.25, -0.2) is 4.79 Å². The number of imide groups is 1. The Kier molecular flexibility index (Phi) is 9.35. The molecule has 2 aromatic rings. The van der Waals surface area contributed by atoms with Crippen LogP contribution in [0.4, 0.5) is 9.59 Å². The zero-order valence-corrected chi connectivity index (χ0v) is 21.5. The van der Waals surface area contributed by atoms with Gasteiger partial charge in [-0.3, -0.25) is 19.7 Å². The van der Waals surface area contributed by atoms with Crippen LogP contribution in [0.1, 0.15) is 45.6 Å². The van der Waals surface area contributed by atoms with Crippen LogP contribution in [0.3, 0.4) is 0 Å². The largest absolute Gasteiger partial charge is 0.493 e. The SMILES string of the molecule is CC(C)(C)OC(=O)NCCCNC(=O)CCCOc1ccc(/C=C2/SC(=O)NC2=O)c2ccccc12. The fourth-order valence-electron chi connectivity index (χ4n) is 3.43. The summed E-state index contributed by atoms with van der Waals surface area (Å²) in [5, 5.41) is 9.14. The standard InChI is InChI=1S/C26H31N3O6S/c1-26(2,3)35-24(32)28-14-7-13-27-22(30)10-6-15-34-20-12-11-17(18-8-4-5-9-19(18)20)16-21-23(31)29-25(33)36-21/h4-5,8-9,11-12,16H,6-7,10,13-15H2,1-3H3,(H,27,30)(H,28,32)(H,29,31,33)/b21-16+. The molecule has 0 spiro atoms. The molecule has 3 N–H and O–H groups in total. The van der Waals surface area contributed by atoms with Crippen molar-refractivity contribution in [3.05, 3.63) is 46.9 Å². The molecule has 1 aliphatic rings. The van der Waals surface area contributed by atoms with Crippen molar-refractivity contribution in [2.75, 3.05) is 19.7 Å². The lowest BCUT2D eigenvalue weighted by Gasteiger charge is -2.19. The Balaban J connectivity index is 1.43. The van der Waals surface area contributed by atoms with E-state index in [4.69, 9.17) is 9.47 Å². The number of alkyl carbamates (subject to hydrolysis) is 1. The Labute approximate surface area is 214 Å². The zero-order chi connectivity index (χ0) is 26.1. The maximum absolute atomic E-state index is 12.1. The minimum Gasteiger partial charge on any atom is -0.493 e. The van der Waals surface area contributed by atoms with Crippen molar-refractivity contribution in [2.45, 2.75) is 45.6 Å². The van der Waals surface area contributed by atoms with Gasteiger partial charge in [0, 0.05) is 24.9 Å². The fourth-order valence-corrected chi connectivity index (χ4v) is 4.11. The molecular weight excluding hydrogens is 482 g/mol. The number of rotatable bonds is 10. The molecule has 9 nitrogen and oxygen atoms in total. The first-order valence-electron chi connectivity index (χ1n) is 11.8. The third-order valence-corrected chi connectivity index (χ3v) is 5.81. The van der Waals surface area contributed by atoms with Crippen LogP contribution in [-0.4, -0.2) is 48.4 Å². The number of fused-ring (bicyclic) bond motifs is 1. The van der Waals surface area contributed by atoms with E-state index in [1.807, 2.05) is 36.4 Å². The van der Waals surface area contributed by atoms with Crippen LogP contribution < -0.4 is 20.7 Å². The molecule has 192 valence electrons. The number of hydrogen-bond acceptors (Lipinski definition) is 7. The van der Waals surface area contributed by atoms with Crippen LogP contribution in [0.5, 0.6) is 5.75 Å². The summed E-state index contributed by atoms with van der Waals surface area (Å²) >= 11 is 0.880. The first-order valence-corrected chi connectivity index (χ1v) is 12.6. The van der Waals surface area contributed by atoms with Crippen LogP contribution in [0.25, 0.3) is 16.8 Å². The van der Waals surface area contributed by atoms with Crippen molar-refractivity contribution in [3.8, 4) is 5.75 Å². The minimum atomic E-state index is -0.541. The lowest BCUT2D eigenvalue weighted by molar-refractivity contribution is -0.121. The number of benzene rings is 2. The number of carbonyl (C=O) groups is 4. The van der Waals surface area contributed by atoms with E-state index in [9.17, 15) is 19.2 Å². The topological polar surface area (TPSA) is 123 Å². The van der Waals surface area contributed by atoms with E-state index in [-0.39, 0.29) is 11.1 Å². The number of thioether (sulfide) groups is 1. The summed E-state index contributed by atoms with van der Waals surface area (Å²) in [5.41, 5.74) is 0.270. The molecule has 0 bridgehead atoms.